The predicted octanol–water partition coefficient (Wildman–Crippen LogP) is 4.94. The van der Waals surface area contributed by atoms with Crippen molar-refractivity contribution in [2.45, 2.75) is 44.1 Å². The van der Waals surface area contributed by atoms with Crippen molar-refractivity contribution < 1.29 is 13.3 Å². The van der Waals surface area contributed by atoms with Gasteiger partial charge in [0.1, 0.15) is 5.15 Å². The van der Waals surface area contributed by atoms with E-state index in [4.69, 9.17) is 20.1 Å². The first-order chi connectivity index (χ1) is 17.4. The number of rotatable bonds is 5. The van der Waals surface area contributed by atoms with Crippen LogP contribution < -0.4 is 15.3 Å². The first-order valence-electron chi connectivity index (χ1n) is 13.2. The molecule has 1 fully saturated rings. The number of anilines is 1. The third-order valence-corrected chi connectivity index (χ3v) is 12.7. The second-order valence-corrected chi connectivity index (χ2v) is 15.2. The summed E-state index contributed by atoms with van der Waals surface area (Å²) in [5, 5.41) is 2.52. The molecule has 0 bridgehead atoms. The Morgan fingerprint density at radius 2 is 1.71 bits per heavy atom. The number of hydrogen-bond donors (Lipinski definition) is 0. The first-order valence-corrected chi connectivity index (χ1v) is 13.9. The summed E-state index contributed by atoms with van der Waals surface area (Å²) in [6.07, 6.45) is 2.44. The van der Waals surface area contributed by atoms with Crippen molar-refractivity contribution in [2.24, 2.45) is 5.92 Å². The van der Waals surface area contributed by atoms with E-state index in [0.717, 1.165) is 4.90 Å². The predicted molar refractivity (Wildman–Crippen MR) is 141 cm³/mol. The Morgan fingerprint density at radius 1 is 1.12 bits per heavy atom. The van der Waals surface area contributed by atoms with Crippen molar-refractivity contribution in [1.82, 2.24) is 4.98 Å². The zero-order valence-corrected chi connectivity index (χ0v) is 21.5. The van der Waals surface area contributed by atoms with Crippen LogP contribution in [0.4, 0.5) is 5.69 Å². The van der Waals surface area contributed by atoms with Gasteiger partial charge in [-0.05, 0) is 45.8 Å². The molecular formula is C28H31ClN2O2Si. The molecule has 0 atom stereocenters. The van der Waals surface area contributed by atoms with Gasteiger partial charge >= 0.3 is 0 Å². The maximum Gasteiger partial charge on any atom is 0.261 e. The molecule has 0 N–H and O–H groups in total. The van der Waals surface area contributed by atoms with Crippen molar-refractivity contribution in [3.05, 3.63) is 83.6 Å². The molecule has 2 aromatic carbocycles. The molecule has 1 aliphatic heterocycles. The maximum absolute atomic E-state index is 13.5. The van der Waals surface area contributed by atoms with E-state index in [9.17, 15) is 4.79 Å². The largest absolute Gasteiger partial charge is 0.407 e. The molecule has 34 heavy (non-hydrogen) atoms. The molecule has 176 valence electrons. The third kappa shape index (κ3) is 3.44. The number of nitrogens with zero attached hydrogens (tertiary/aromatic N) is 2. The number of carbonyl (C=O) groups excluding carboxylic acids is 1. The normalized spacial score (nSPS) is 23.8. The van der Waals surface area contributed by atoms with Crippen molar-refractivity contribution in [2.75, 3.05) is 18.5 Å². The molecule has 1 aromatic heterocycles. The second kappa shape index (κ2) is 8.33. The van der Waals surface area contributed by atoms with Gasteiger partial charge in [0.15, 0.2) is 0 Å². The Morgan fingerprint density at radius 3 is 2.24 bits per heavy atom. The summed E-state index contributed by atoms with van der Waals surface area (Å²) >= 11 is 6.18. The van der Waals surface area contributed by atoms with Crippen molar-refractivity contribution in [1.29, 1.82) is 0 Å². The molecule has 1 amide bonds. The van der Waals surface area contributed by atoms with Gasteiger partial charge in [-0.15, -0.1) is 0 Å². The molecule has 0 saturated heterocycles. The van der Waals surface area contributed by atoms with Crippen molar-refractivity contribution >= 4 is 41.9 Å². The van der Waals surface area contributed by atoms with Crippen LogP contribution in [0.25, 0.3) is 0 Å². The SMILES string of the molecule is [2H]C([2H])([2H])N1C(=O)C2(CC(CO[Si](c3ccccc3)(c3ccccc3)C(C)(C)C)C2)c2cc(Cl)ncc21. The first kappa shape index (κ1) is 19.8. The second-order valence-electron chi connectivity index (χ2n) is 10.5. The minimum Gasteiger partial charge on any atom is -0.407 e. The van der Waals surface area contributed by atoms with Crippen LogP contribution in [0.5, 0.6) is 0 Å². The number of pyridine rings is 1. The summed E-state index contributed by atoms with van der Waals surface area (Å²) in [6.45, 7) is 4.62. The van der Waals surface area contributed by atoms with E-state index in [0.29, 0.717) is 30.7 Å². The third-order valence-electron chi connectivity index (χ3n) is 7.45. The van der Waals surface area contributed by atoms with Crippen LogP contribution in [0.3, 0.4) is 0 Å². The lowest BCUT2D eigenvalue weighted by Crippen LogP contribution is -2.67. The van der Waals surface area contributed by atoms with E-state index >= 15 is 0 Å². The highest BCUT2D eigenvalue weighted by atomic mass is 35.5. The Kier molecular flexibility index (Phi) is 4.85. The van der Waals surface area contributed by atoms with Crippen LogP contribution >= 0.6 is 11.6 Å². The van der Waals surface area contributed by atoms with Gasteiger partial charge in [0, 0.05) is 17.7 Å². The van der Waals surface area contributed by atoms with Gasteiger partial charge in [-0.1, -0.05) is 93.0 Å². The lowest BCUT2D eigenvalue weighted by Gasteiger charge is -2.48. The highest BCUT2D eigenvalue weighted by Crippen LogP contribution is 2.56. The number of hydrogen-bond acceptors (Lipinski definition) is 3. The fraction of sp³-hybridized carbons (Fsp3) is 0.357. The molecule has 1 spiro atoms. The number of carbonyl (C=O) groups is 1. The van der Waals surface area contributed by atoms with E-state index in [1.54, 1.807) is 6.07 Å². The number of aromatic nitrogens is 1. The quantitative estimate of drug-likeness (QED) is 0.373. The summed E-state index contributed by atoms with van der Waals surface area (Å²) in [7, 11) is -2.70. The molecular weight excluding hydrogens is 460 g/mol. The average molecular weight is 494 g/mol. The van der Waals surface area contributed by atoms with Crippen LogP contribution in [-0.4, -0.2) is 32.8 Å². The van der Waals surface area contributed by atoms with Crippen molar-refractivity contribution in [3.8, 4) is 0 Å². The maximum atomic E-state index is 13.5. The van der Waals surface area contributed by atoms with Crippen LogP contribution in [0.2, 0.25) is 10.2 Å². The molecule has 1 saturated carbocycles. The molecule has 5 rings (SSSR count). The molecule has 2 aliphatic rings. The Balaban J connectivity index is 1.46. The smallest absolute Gasteiger partial charge is 0.261 e. The summed E-state index contributed by atoms with van der Waals surface area (Å²) in [6, 6.07) is 22.6. The molecule has 0 unspecified atom stereocenters. The molecule has 0 radical (unpaired) electrons. The highest BCUT2D eigenvalue weighted by molar-refractivity contribution is 6.99. The highest BCUT2D eigenvalue weighted by Gasteiger charge is 2.59. The zero-order valence-electron chi connectivity index (χ0n) is 22.7. The van der Waals surface area contributed by atoms with E-state index in [1.807, 2.05) is 12.1 Å². The minimum atomic E-state index is -2.70. The summed E-state index contributed by atoms with van der Waals surface area (Å²) in [5.74, 6) is -0.282. The van der Waals surface area contributed by atoms with Gasteiger partial charge in [-0.25, -0.2) is 4.98 Å². The van der Waals surface area contributed by atoms with Crippen LogP contribution in [0.1, 0.15) is 43.3 Å². The van der Waals surface area contributed by atoms with Crippen LogP contribution in [-0.2, 0) is 14.6 Å². The Hall–Kier alpha value is -2.47. The monoisotopic (exact) mass is 493 g/mol. The van der Waals surface area contributed by atoms with Crippen LogP contribution in [0.15, 0.2) is 72.9 Å². The van der Waals surface area contributed by atoms with Gasteiger partial charge in [0.25, 0.3) is 8.32 Å². The van der Waals surface area contributed by atoms with Gasteiger partial charge in [0.2, 0.25) is 5.91 Å². The van der Waals surface area contributed by atoms with Crippen molar-refractivity contribution in [3.63, 3.8) is 0 Å². The number of halogens is 1. The lowest BCUT2D eigenvalue weighted by atomic mass is 9.59. The van der Waals surface area contributed by atoms with Gasteiger partial charge < -0.3 is 9.33 Å². The van der Waals surface area contributed by atoms with E-state index in [1.165, 1.54) is 16.6 Å². The molecule has 2 heterocycles. The lowest BCUT2D eigenvalue weighted by molar-refractivity contribution is -0.128. The summed E-state index contributed by atoms with van der Waals surface area (Å²) in [5.41, 5.74) is 0.103. The van der Waals surface area contributed by atoms with Crippen LogP contribution in [0, 0.1) is 5.92 Å². The number of likely N-dealkylation sites (N-methyl/N-ethyl adjacent to an activating group) is 1. The van der Waals surface area contributed by atoms with E-state index < -0.39 is 26.6 Å². The molecule has 1 aliphatic carbocycles. The summed E-state index contributed by atoms with van der Waals surface area (Å²) < 4.78 is 30.9. The fourth-order valence-electron chi connectivity index (χ4n) is 5.87. The average Bonchev–Trinajstić information content (AvgIpc) is 3.07. The number of amides is 1. The van der Waals surface area contributed by atoms with Gasteiger partial charge in [-0.2, -0.15) is 0 Å². The standard InChI is InChI=1S/C28H31ClN2O2Si/c1-27(2,3)34(21-11-7-5-8-12-21,22-13-9-6-10-14-22)33-19-20-16-28(17-20)23-15-25(29)30-18-24(23)31(4)26(28)32/h5-15,18,20H,16-17,19H2,1-4H3/i4D3. The van der Waals surface area contributed by atoms with Gasteiger partial charge in [0.05, 0.1) is 17.3 Å². The Bertz CT molecular complexity index is 1270. The Labute approximate surface area is 212 Å². The summed E-state index contributed by atoms with van der Waals surface area (Å²) in [4.78, 5) is 18.5. The zero-order chi connectivity index (χ0) is 26.6. The van der Waals surface area contributed by atoms with Gasteiger partial charge in [-0.3, -0.25) is 4.79 Å². The minimum absolute atomic E-state index is 0.113. The number of fused-ring (bicyclic) bond motifs is 2. The fourth-order valence-corrected chi connectivity index (χ4v) is 10.7. The van der Waals surface area contributed by atoms with E-state index in [2.05, 4.69) is 74.3 Å². The molecule has 4 nitrogen and oxygen atoms in total. The molecule has 3 aromatic rings. The number of benzene rings is 2. The topological polar surface area (TPSA) is 42.4 Å². The van der Waals surface area contributed by atoms with E-state index in [-0.39, 0.29) is 16.1 Å². The molecule has 6 heteroatoms.